The van der Waals surface area contributed by atoms with E-state index in [9.17, 15) is 26.3 Å². The van der Waals surface area contributed by atoms with Gasteiger partial charge in [0.1, 0.15) is 0 Å². The molecule has 1 aromatic carbocycles. The minimum atomic E-state index is -5.44. The van der Waals surface area contributed by atoms with Crippen LogP contribution in [0.15, 0.2) is 18.2 Å². The normalized spacial score (nSPS) is 14.6. The topological polar surface area (TPSA) is 26.0 Å². The summed E-state index contributed by atoms with van der Waals surface area (Å²) in [5, 5.41) is 0. The van der Waals surface area contributed by atoms with E-state index in [1.54, 1.807) is 6.92 Å². The Labute approximate surface area is 119 Å². The molecule has 0 amide bonds. The van der Waals surface area contributed by atoms with E-state index in [4.69, 9.17) is 5.73 Å². The molecule has 0 aliphatic rings. The van der Waals surface area contributed by atoms with Crippen LogP contribution in [0.2, 0.25) is 0 Å². The van der Waals surface area contributed by atoms with Crippen LogP contribution in [-0.2, 0) is 12.8 Å². The smallest absolute Gasteiger partial charge is 0.323 e. The van der Waals surface area contributed by atoms with Crippen LogP contribution in [0, 0.1) is 5.92 Å². The maximum Gasteiger partial charge on any atom is 0.402 e. The molecule has 7 heteroatoms. The molecular weight excluding hydrogens is 296 g/mol. The second kappa shape index (κ2) is 6.25. The molecule has 0 aliphatic carbocycles. The zero-order chi connectivity index (χ0) is 16.4. The molecular formula is C14H17F6N. The Kier molecular flexibility index (Phi) is 5.30. The molecule has 0 radical (unpaired) electrons. The molecule has 0 aromatic heterocycles. The number of hydrogen-bond acceptors (Lipinski definition) is 1. The molecule has 0 aliphatic heterocycles. The van der Waals surface area contributed by atoms with E-state index < -0.39 is 24.3 Å². The van der Waals surface area contributed by atoms with Gasteiger partial charge in [0.2, 0.25) is 0 Å². The van der Waals surface area contributed by atoms with Crippen molar-refractivity contribution in [2.45, 2.75) is 45.1 Å². The summed E-state index contributed by atoms with van der Waals surface area (Å²) in [6, 6.07) is 1.96. The van der Waals surface area contributed by atoms with E-state index in [1.807, 2.05) is 6.92 Å². The summed E-state index contributed by atoms with van der Waals surface area (Å²) in [6.45, 7) is 3.65. The monoisotopic (exact) mass is 313 g/mol. The van der Waals surface area contributed by atoms with Crippen LogP contribution >= 0.6 is 0 Å². The highest BCUT2D eigenvalue weighted by Gasteiger charge is 2.59. The number of alkyl halides is 6. The molecule has 1 aromatic rings. The molecule has 0 fully saturated rings. The van der Waals surface area contributed by atoms with Crippen molar-refractivity contribution in [3.63, 3.8) is 0 Å². The lowest BCUT2D eigenvalue weighted by atomic mass is 9.89. The van der Waals surface area contributed by atoms with Crippen molar-refractivity contribution in [3.05, 3.63) is 34.9 Å². The van der Waals surface area contributed by atoms with Gasteiger partial charge in [0.25, 0.3) is 0 Å². The van der Waals surface area contributed by atoms with Gasteiger partial charge < -0.3 is 5.73 Å². The SMILES string of the molecule is CCc1ccc(C(N)C(C(F)(F)F)C(F)(F)F)cc1CC. The Morgan fingerprint density at radius 2 is 1.38 bits per heavy atom. The third kappa shape index (κ3) is 4.12. The summed E-state index contributed by atoms with van der Waals surface area (Å²) in [5.74, 6) is -3.57. The van der Waals surface area contributed by atoms with Crippen LogP contribution in [0.1, 0.15) is 36.6 Å². The minimum absolute atomic E-state index is 0.149. The lowest BCUT2D eigenvalue weighted by Crippen LogP contribution is -2.44. The highest BCUT2D eigenvalue weighted by Crippen LogP contribution is 2.45. The fraction of sp³-hybridized carbons (Fsp3) is 0.571. The van der Waals surface area contributed by atoms with Gasteiger partial charge in [-0.25, -0.2) is 0 Å². The van der Waals surface area contributed by atoms with Gasteiger partial charge in [-0.05, 0) is 29.5 Å². The van der Waals surface area contributed by atoms with Crippen molar-refractivity contribution >= 4 is 0 Å². The van der Waals surface area contributed by atoms with Gasteiger partial charge in [-0.2, -0.15) is 26.3 Å². The predicted molar refractivity (Wildman–Crippen MR) is 67.7 cm³/mol. The number of hydrogen-bond donors (Lipinski definition) is 1. The largest absolute Gasteiger partial charge is 0.402 e. The molecule has 120 valence electrons. The molecule has 0 spiro atoms. The quantitative estimate of drug-likeness (QED) is 0.811. The third-order valence-electron chi connectivity index (χ3n) is 3.44. The van der Waals surface area contributed by atoms with E-state index in [0.717, 1.165) is 5.56 Å². The molecule has 0 saturated heterocycles. The summed E-state index contributed by atoms with van der Waals surface area (Å²) < 4.78 is 76.1. The molecule has 0 bridgehead atoms. The van der Waals surface area contributed by atoms with Crippen molar-refractivity contribution in [1.29, 1.82) is 0 Å². The fourth-order valence-corrected chi connectivity index (χ4v) is 2.31. The highest BCUT2D eigenvalue weighted by molar-refractivity contribution is 5.34. The Hall–Kier alpha value is -1.24. The molecule has 1 rings (SSSR count). The summed E-state index contributed by atoms with van der Waals surface area (Å²) in [5.41, 5.74) is 6.75. The zero-order valence-electron chi connectivity index (χ0n) is 11.6. The van der Waals surface area contributed by atoms with Crippen molar-refractivity contribution in [2.24, 2.45) is 11.7 Å². The Morgan fingerprint density at radius 1 is 0.905 bits per heavy atom. The first-order chi connectivity index (χ1) is 9.52. The van der Waals surface area contributed by atoms with E-state index in [0.29, 0.717) is 18.4 Å². The Bertz CT molecular complexity index is 463. The van der Waals surface area contributed by atoms with Crippen LogP contribution in [0.3, 0.4) is 0 Å². The average Bonchev–Trinajstić information content (AvgIpc) is 2.34. The third-order valence-corrected chi connectivity index (χ3v) is 3.44. The van der Waals surface area contributed by atoms with Crippen molar-refractivity contribution in [1.82, 2.24) is 0 Å². The second-order valence-corrected chi connectivity index (χ2v) is 4.82. The summed E-state index contributed by atoms with van der Waals surface area (Å²) >= 11 is 0. The van der Waals surface area contributed by atoms with Gasteiger partial charge in [-0.3, -0.25) is 0 Å². The van der Waals surface area contributed by atoms with E-state index >= 15 is 0 Å². The first kappa shape index (κ1) is 17.8. The van der Waals surface area contributed by atoms with Gasteiger partial charge in [0, 0.05) is 0 Å². The van der Waals surface area contributed by atoms with Crippen LogP contribution in [0.25, 0.3) is 0 Å². The van der Waals surface area contributed by atoms with Crippen molar-refractivity contribution in [2.75, 3.05) is 0 Å². The van der Waals surface area contributed by atoms with Gasteiger partial charge in [-0.1, -0.05) is 32.0 Å². The van der Waals surface area contributed by atoms with Crippen LogP contribution < -0.4 is 5.73 Å². The first-order valence-corrected chi connectivity index (χ1v) is 6.53. The van der Waals surface area contributed by atoms with E-state index in [1.165, 1.54) is 18.2 Å². The summed E-state index contributed by atoms with van der Waals surface area (Å²) in [4.78, 5) is 0. The molecule has 21 heavy (non-hydrogen) atoms. The first-order valence-electron chi connectivity index (χ1n) is 6.53. The number of benzene rings is 1. The fourth-order valence-electron chi connectivity index (χ4n) is 2.31. The summed E-state index contributed by atoms with van der Waals surface area (Å²) in [7, 11) is 0. The lowest BCUT2D eigenvalue weighted by Gasteiger charge is -2.28. The number of aryl methyl sites for hydroxylation is 2. The number of rotatable bonds is 4. The predicted octanol–water partition coefficient (Wildman–Crippen LogP) is 4.55. The Balaban J connectivity index is 3.25. The molecule has 0 saturated carbocycles. The molecule has 1 nitrogen and oxygen atoms in total. The number of halogens is 6. The van der Waals surface area contributed by atoms with E-state index in [2.05, 4.69) is 0 Å². The maximum atomic E-state index is 12.7. The van der Waals surface area contributed by atoms with Crippen molar-refractivity contribution in [3.8, 4) is 0 Å². The number of nitrogens with two attached hydrogens (primary N) is 1. The van der Waals surface area contributed by atoms with E-state index in [-0.39, 0.29) is 5.56 Å². The van der Waals surface area contributed by atoms with Gasteiger partial charge >= 0.3 is 12.4 Å². The van der Waals surface area contributed by atoms with Gasteiger partial charge in [0.05, 0.1) is 6.04 Å². The van der Waals surface area contributed by atoms with Crippen molar-refractivity contribution < 1.29 is 26.3 Å². The zero-order valence-corrected chi connectivity index (χ0v) is 11.6. The van der Waals surface area contributed by atoms with Crippen LogP contribution in [-0.4, -0.2) is 12.4 Å². The van der Waals surface area contributed by atoms with Gasteiger partial charge in [-0.15, -0.1) is 0 Å². The molecule has 2 N–H and O–H groups in total. The molecule has 1 atom stereocenters. The Morgan fingerprint density at radius 3 is 1.76 bits per heavy atom. The summed E-state index contributed by atoms with van der Waals surface area (Å²) in [6.07, 6.45) is -9.70. The lowest BCUT2D eigenvalue weighted by molar-refractivity contribution is -0.290. The molecule has 0 heterocycles. The highest BCUT2D eigenvalue weighted by atomic mass is 19.4. The standard InChI is InChI=1S/C14H17F6N/c1-3-8-5-6-10(7-9(8)4-2)11(21)12(13(15,16)17)14(18,19)20/h5-7,11-12H,3-4,21H2,1-2H3. The minimum Gasteiger partial charge on any atom is -0.323 e. The second-order valence-electron chi connectivity index (χ2n) is 4.82. The van der Waals surface area contributed by atoms with Crippen LogP contribution in [0.4, 0.5) is 26.3 Å². The van der Waals surface area contributed by atoms with Gasteiger partial charge in [0.15, 0.2) is 5.92 Å². The average molecular weight is 313 g/mol. The maximum absolute atomic E-state index is 12.7. The van der Waals surface area contributed by atoms with Crippen LogP contribution in [0.5, 0.6) is 0 Å². The molecule has 1 unspecified atom stereocenters.